The highest BCUT2D eigenvalue weighted by Gasteiger charge is 2.07. The Morgan fingerprint density at radius 2 is 2.35 bits per heavy atom. The van der Waals surface area contributed by atoms with Gasteiger partial charge in [-0.05, 0) is 18.2 Å². The van der Waals surface area contributed by atoms with Gasteiger partial charge in [0.2, 0.25) is 11.8 Å². The van der Waals surface area contributed by atoms with Crippen molar-refractivity contribution < 1.29 is 14.0 Å². The van der Waals surface area contributed by atoms with Gasteiger partial charge in [0, 0.05) is 18.5 Å². The van der Waals surface area contributed by atoms with Crippen LogP contribution in [0.5, 0.6) is 0 Å². The summed E-state index contributed by atoms with van der Waals surface area (Å²) >= 11 is 1.27. The number of nitrogens with one attached hydrogen (secondary N) is 2. The Bertz CT molecular complexity index is 617. The molecule has 6 nitrogen and oxygen atoms in total. The van der Waals surface area contributed by atoms with Gasteiger partial charge < -0.3 is 9.73 Å². The van der Waals surface area contributed by atoms with Crippen LogP contribution in [0.15, 0.2) is 34.3 Å². The lowest BCUT2D eigenvalue weighted by Gasteiger charge is -1.96. The number of thiazole rings is 1. The largest absolute Gasteiger partial charge is 0.465 e. The van der Waals surface area contributed by atoms with E-state index in [-0.39, 0.29) is 18.2 Å². The molecule has 2 aromatic rings. The number of carbonyl (C=O) groups is 2. The van der Waals surface area contributed by atoms with Crippen molar-refractivity contribution in [3.63, 3.8) is 0 Å². The first-order chi connectivity index (χ1) is 9.67. The molecule has 2 N–H and O–H groups in total. The molecule has 0 saturated heterocycles. The quantitative estimate of drug-likeness (QED) is 0.821. The van der Waals surface area contributed by atoms with Gasteiger partial charge >= 0.3 is 0 Å². The lowest BCUT2D eigenvalue weighted by Crippen LogP contribution is -2.20. The van der Waals surface area contributed by atoms with Crippen molar-refractivity contribution in [1.82, 2.24) is 10.3 Å². The van der Waals surface area contributed by atoms with Gasteiger partial charge in [-0.25, -0.2) is 4.98 Å². The summed E-state index contributed by atoms with van der Waals surface area (Å²) in [7, 11) is 1.57. The van der Waals surface area contributed by atoms with Crippen LogP contribution in [0.2, 0.25) is 0 Å². The molecule has 0 fully saturated rings. The van der Waals surface area contributed by atoms with E-state index in [9.17, 15) is 9.59 Å². The van der Waals surface area contributed by atoms with Crippen molar-refractivity contribution in [2.24, 2.45) is 0 Å². The third-order valence-electron chi connectivity index (χ3n) is 2.34. The van der Waals surface area contributed by atoms with E-state index in [4.69, 9.17) is 4.42 Å². The zero-order valence-corrected chi connectivity index (χ0v) is 11.6. The molecule has 2 aromatic heterocycles. The van der Waals surface area contributed by atoms with Crippen molar-refractivity contribution in [1.29, 1.82) is 0 Å². The summed E-state index contributed by atoms with van der Waals surface area (Å²) in [5.74, 6) is 0.174. The molecule has 0 aliphatic heterocycles. The van der Waals surface area contributed by atoms with Crippen molar-refractivity contribution in [2.45, 2.75) is 6.42 Å². The van der Waals surface area contributed by atoms with Crippen LogP contribution in [0.1, 0.15) is 11.5 Å². The number of aromatic nitrogens is 1. The topological polar surface area (TPSA) is 84.2 Å². The fourth-order valence-corrected chi connectivity index (χ4v) is 2.10. The fraction of sp³-hybridized carbons (Fsp3) is 0.154. The molecule has 0 spiro atoms. The third kappa shape index (κ3) is 4.06. The number of carbonyl (C=O) groups excluding carboxylic acids is 2. The number of furan rings is 1. The minimum atomic E-state index is -0.303. The minimum Gasteiger partial charge on any atom is -0.465 e. The molecule has 0 atom stereocenters. The molecule has 0 aliphatic rings. The molecule has 0 aliphatic carbocycles. The van der Waals surface area contributed by atoms with Crippen LogP contribution in [0, 0.1) is 0 Å². The molecule has 0 unspecified atom stereocenters. The van der Waals surface area contributed by atoms with Crippen molar-refractivity contribution >= 4 is 34.4 Å². The highest BCUT2D eigenvalue weighted by Crippen LogP contribution is 2.16. The number of hydrogen-bond donors (Lipinski definition) is 2. The molecule has 2 rings (SSSR count). The van der Waals surface area contributed by atoms with Crippen LogP contribution in [-0.4, -0.2) is 23.8 Å². The van der Waals surface area contributed by atoms with Crippen LogP contribution in [0.25, 0.3) is 6.08 Å². The number of hydrogen-bond acceptors (Lipinski definition) is 5. The molecule has 2 amide bonds. The predicted octanol–water partition coefficient (Wildman–Crippen LogP) is 1.68. The number of amides is 2. The van der Waals surface area contributed by atoms with Gasteiger partial charge in [0.05, 0.1) is 18.4 Å². The zero-order valence-electron chi connectivity index (χ0n) is 10.8. The van der Waals surface area contributed by atoms with Crippen LogP contribution < -0.4 is 10.6 Å². The Morgan fingerprint density at radius 1 is 1.50 bits per heavy atom. The van der Waals surface area contributed by atoms with Crippen LogP contribution >= 0.6 is 11.3 Å². The van der Waals surface area contributed by atoms with Crippen molar-refractivity contribution in [3.8, 4) is 0 Å². The fourth-order valence-electron chi connectivity index (χ4n) is 1.39. The third-order valence-corrected chi connectivity index (χ3v) is 3.15. The maximum Gasteiger partial charge on any atom is 0.250 e. The minimum absolute atomic E-state index is 0.120. The van der Waals surface area contributed by atoms with Crippen LogP contribution in [0.4, 0.5) is 5.13 Å². The normalized spacial score (nSPS) is 10.7. The summed E-state index contributed by atoms with van der Waals surface area (Å²) in [6, 6.07) is 3.48. The molecule has 0 bridgehead atoms. The van der Waals surface area contributed by atoms with Gasteiger partial charge in [-0.2, -0.15) is 0 Å². The summed E-state index contributed by atoms with van der Waals surface area (Å²) in [6.45, 7) is 0. The molecule has 104 valence electrons. The van der Waals surface area contributed by atoms with Gasteiger partial charge in [-0.3, -0.25) is 14.9 Å². The molecule has 7 heteroatoms. The first kappa shape index (κ1) is 14.0. The molecule has 20 heavy (non-hydrogen) atoms. The molecular weight excluding hydrogens is 278 g/mol. The monoisotopic (exact) mass is 291 g/mol. The van der Waals surface area contributed by atoms with Gasteiger partial charge in [0.25, 0.3) is 0 Å². The van der Waals surface area contributed by atoms with Gasteiger partial charge in [-0.1, -0.05) is 0 Å². The highest BCUT2D eigenvalue weighted by atomic mass is 32.1. The summed E-state index contributed by atoms with van der Waals surface area (Å²) < 4.78 is 5.07. The van der Waals surface area contributed by atoms with Gasteiger partial charge in [0.1, 0.15) is 5.76 Å². The Morgan fingerprint density at radius 3 is 3.05 bits per heavy atom. The van der Waals surface area contributed by atoms with Crippen molar-refractivity contribution in [3.05, 3.63) is 41.3 Å². The van der Waals surface area contributed by atoms with E-state index in [2.05, 4.69) is 15.6 Å². The SMILES string of the molecule is CNC(=O)Cc1csc(NC(=O)C=Cc2ccco2)n1. The van der Waals surface area contributed by atoms with E-state index in [1.165, 1.54) is 23.7 Å². The summed E-state index contributed by atoms with van der Waals surface area (Å²) in [5.41, 5.74) is 0.625. The lowest BCUT2D eigenvalue weighted by atomic mass is 10.3. The second kappa shape index (κ2) is 6.67. The number of nitrogens with zero attached hydrogens (tertiary/aromatic N) is 1. The predicted molar refractivity (Wildman–Crippen MR) is 76.3 cm³/mol. The summed E-state index contributed by atoms with van der Waals surface area (Å²) in [6.07, 6.45) is 4.65. The Hall–Kier alpha value is -2.41. The Kier molecular flexibility index (Phi) is 4.67. The number of rotatable bonds is 5. The first-order valence-corrected chi connectivity index (χ1v) is 6.73. The maximum absolute atomic E-state index is 11.6. The average molecular weight is 291 g/mol. The van der Waals surface area contributed by atoms with E-state index in [0.29, 0.717) is 16.6 Å². The lowest BCUT2D eigenvalue weighted by molar-refractivity contribution is -0.120. The van der Waals surface area contributed by atoms with E-state index in [1.54, 1.807) is 30.6 Å². The summed E-state index contributed by atoms with van der Waals surface area (Å²) in [4.78, 5) is 27.0. The van der Waals surface area contributed by atoms with Crippen molar-refractivity contribution in [2.75, 3.05) is 12.4 Å². The summed E-state index contributed by atoms with van der Waals surface area (Å²) in [5, 5.41) is 7.33. The molecular formula is C13H13N3O3S. The Balaban J connectivity index is 1.90. The second-order valence-corrected chi connectivity index (χ2v) is 4.69. The van der Waals surface area contributed by atoms with E-state index in [1.807, 2.05) is 0 Å². The maximum atomic E-state index is 11.6. The molecule has 0 saturated carbocycles. The molecule has 0 radical (unpaired) electrons. The second-order valence-electron chi connectivity index (χ2n) is 3.83. The number of anilines is 1. The van der Waals surface area contributed by atoms with E-state index in [0.717, 1.165) is 0 Å². The standard InChI is InChI=1S/C13H13N3O3S/c1-14-12(18)7-9-8-20-13(15-9)16-11(17)5-4-10-3-2-6-19-10/h2-6,8H,7H2,1H3,(H,14,18)(H,15,16,17). The Labute approximate surface area is 119 Å². The smallest absolute Gasteiger partial charge is 0.250 e. The van der Waals surface area contributed by atoms with Crippen LogP contribution in [0.3, 0.4) is 0 Å². The van der Waals surface area contributed by atoms with E-state index < -0.39 is 0 Å². The molecule has 2 heterocycles. The highest BCUT2D eigenvalue weighted by molar-refractivity contribution is 7.14. The molecule has 0 aromatic carbocycles. The van der Waals surface area contributed by atoms with Crippen LogP contribution in [-0.2, 0) is 16.0 Å². The number of likely N-dealkylation sites (N-methyl/N-ethyl adjacent to an activating group) is 1. The van der Waals surface area contributed by atoms with E-state index >= 15 is 0 Å². The first-order valence-electron chi connectivity index (χ1n) is 5.85. The average Bonchev–Trinajstić information content (AvgIpc) is 3.08. The van der Waals surface area contributed by atoms with Gasteiger partial charge in [-0.15, -0.1) is 11.3 Å². The zero-order chi connectivity index (χ0) is 14.4. The van der Waals surface area contributed by atoms with Gasteiger partial charge in [0.15, 0.2) is 5.13 Å².